The third kappa shape index (κ3) is 4.73. The minimum absolute atomic E-state index is 0.600. The predicted molar refractivity (Wildman–Crippen MR) is 88.0 cm³/mol. The molecular formula is C18H27NO3. The zero-order valence-electron chi connectivity index (χ0n) is 13.7. The molecule has 2 rings (SSSR count). The van der Waals surface area contributed by atoms with E-state index >= 15 is 0 Å². The molecule has 1 atom stereocenters. The Morgan fingerprint density at radius 1 is 1.27 bits per heavy atom. The minimum atomic E-state index is 0.600. The van der Waals surface area contributed by atoms with Crippen LogP contribution in [0.1, 0.15) is 49.4 Å². The predicted octanol–water partition coefficient (Wildman–Crippen LogP) is 3.54. The summed E-state index contributed by atoms with van der Waals surface area (Å²) in [5.74, 6) is 1.33. The van der Waals surface area contributed by atoms with Crippen LogP contribution in [0, 0.1) is 0 Å². The summed E-state index contributed by atoms with van der Waals surface area (Å²) in [6.45, 7) is 5.41. The van der Waals surface area contributed by atoms with Gasteiger partial charge in [-0.05, 0) is 63.9 Å². The van der Waals surface area contributed by atoms with Gasteiger partial charge in [0.05, 0.1) is 13.7 Å². The van der Waals surface area contributed by atoms with Crippen LogP contribution in [0.25, 0.3) is 0 Å². The molecule has 22 heavy (non-hydrogen) atoms. The minimum Gasteiger partial charge on any atom is -0.493 e. The van der Waals surface area contributed by atoms with E-state index in [4.69, 9.17) is 9.47 Å². The Hall–Kier alpha value is -1.55. The largest absolute Gasteiger partial charge is 0.493 e. The second kappa shape index (κ2) is 8.79. The van der Waals surface area contributed by atoms with Crippen molar-refractivity contribution in [2.24, 2.45) is 0 Å². The van der Waals surface area contributed by atoms with E-state index in [-0.39, 0.29) is 0 Å². The first-order valence-electron chi connectivity index (χ1n) is 8.24. The summed E-state index contributed by atoms with van der Waals surface area (Å²) in [6.07, 6.45) is 7.03. The Morgan fingerprint density at radius 3 is 2.86 bits per heavy atom. The fraction of sp³-hybridized carbons (Fsp3) is 0.611. The summed E-state index contributed by atoms with van der Waals surface area (Å²) in [5, 5.41) is 0. The van der Waals surface area contributed by atoms with E-state index < -0.39 is 0 Å². The molecule has 4 nitrogen and oxygen atoms in total. The highest BCUT2D eigenvalue weighted by atomic mass is 16.5. The molecule has 0 spiro atoms. The number of hydrogen-bond donors (Lipinski definition) is 0. The molecule has 1 aliphatic rings. The van der Waals surface area contributed by atoms with Crippen molar-refractivity contribution in [3.8, 4) is 11.5 Å². The molecule has 1 unspecified atom stereocenters. The van der Waals surface area contributed by atoms with Crippen molar-refractivity contribution in [2.75, 3.05) is 26.8 Å². The van der Waals surface area contributed by atoms with Crippen molar-refractivity contribution < 1.29 is 14.3 Å². The van der Waals surface area contributed by atoms with Gasteiger partial charge in [-0.15, -0.1) is 0 Å². The van der Waals surface area contributed by atoms with Crippen molar-refractivity contribution in [1.29, 1.82) is 0 Å². The van der Waals surface area contributed by atoms with Crippen LogP contribution in [0.3, 0.4) is 0 Å². The number of rotatable bonds is 8. The highest BCUT2D eigenvalue weighted by molar-refractivity contribution is 5.76. The first kappa shape index (κ1) is 16.8. The molecule has 4 heteroatoms. The van der Waals surface area contributed by atoms with Crippen molar-refractivity contribution >= 4 is 6.29 Å². The maximum atomic E-state index is 10.8. The van der Waals surface area contributed by atoms with Gasteiger partial charge in [0.2, 0.25) is 0 Å². The number of carbonyl (C=O) groups excluding carboxylic acids is 1. The molecule has 1 aromatic carbocycles. The topological polar surface area (TPSA) is 38.8 Å². The molecule has 0 amide bonds. The fourth-order valence-electron chi connectivity index (χ4n) is 2.97. The molecule has 0 bridgehead atoms. The van der Waals surface area contributed by atoms with E-state index in [1.54, 1.807) is 25.3 Å². The lowest BCUT2D eigenvalue weighted by Crippen LogP contribution is -2.38. The van der Waals surface area contributed by atoms with Gasteiger partial charge in [-0.3, -0.25) is 4.79 Å². The van der Waals surface area contributed by atoms with Gasteiger partial charge in [-0.1, -0.05) is 6.42 Å². The number of aldehydes is 1. The Kier molecular flexibility index (Phi) is 6.72. The molecule has 122 valence electrons. The first-order valence-corrected chi connectivity index (χ1v) is 8.24. The van der Waals surface area contributed by atoms with E-state index in [0.717, 1.165) is 31.7 Å². The van der Waals surface area contributed by atoms with Gasteiger partial charge in [0.1, 0.15) is 6.29 Å². The molecular weight excluding hydrogens is 278 g/mol. The van der Waals surface area contributed by atoms with E-state index in [1.807, 2.05) is 0 Å². The quantitative estimate of drug-likeness (QED) is 0.544. The highest BCUT2D eigenvalue weighted by Crippen LogP contribution is 2.27. The van der Waals surface area contributed by atoms with Crippen molar-refractivity contribution in [3.63, 3.8) is 0 Å². The molecule has 1 heterocycles. The summed E-state index contributed by atoms with van der Waals surface area (Å²) < 4.78 is 11.0. The van der Waals surface area contributed by atoms with Crippen molar-refractivity contribution in [3.05, 3.63) is 23.8 Å². The third-order valence-corrected chi connectivity index (χ3v) is 4.36. The van der Waals surface area contributed by atoms with Crippen LogP contribution in [0.5, 0.6) is 11.5 Å². The summed E-state index contributed by atoms with van der Waals surface area (Å²) in [7, 11) is 1.59. The number of hydrogen-bond acceptors (Lipinski definition) is 4. The van der Waals surface area contributed by atoms with Crippen molar-refractivity contribution in [1.82, 2.24) is 4.90 Å². The van der Waals surface area contributed by atoms with Crippen LogP contribution in [-0.4, -0.2) is 44.0 Å². The van der Waals surface area contributed by atoms with Crippen LogP contribution >= 0.6 is 0 Å². The summed E-state index contributed by atoms with van der Waals surface area (Å²) in [4.78, 5) is 13.3. The summed E-state index contributed by atoms with van der Waals surface area (Å²) >= 11 is 0. The Labute approximate surface area is 133 Å². The molecule has 1 aliphatic heterocycles. The number of methoxy groups -OCH3 is 1. The maximum Gasteiger partial charge on any atom is 0.161 e. The number of nitrogens with zero attached hydrogens (tertiary/aromatic N) is 1. The maximum absolute atomic E-state index is 10.8. The lowest BCUT2D eigenvalue weighted by Gasteiger charge is -2.33. The summed E-state index contributed by atoms with van der Waals surface area (Å²) in [5.41, 5.74) is 0.600. The molecule has 0 saturated carbocycles. The number of ether oxygens (including phenoxy) is 2. The van der Waals surface area contributed by atoms with E-state index in [2.05, 4.69) is 11.8 Å². The van der Waals surface area contributed by atoms with Crippen LogP contribution in [-0.2, 0) is 0 Å². The monoisotopic (exact) mass is 305 g/mol. The van der Waals surface area contributed by atoms with Gasteiger partial charge in [0, 0.05) is 11.6 Å². The van der Waals surface area contributed by atoms with Crippen LogP contribution in [0.15, 0.2) is 18.2 Å². The number of benzene rings is 1. The van der Waals surface area contributed by atoms with Gasteiger partial charge < -0.3 is 14.4 Å². The summed E-state index contributed by atoms with van der Waals surface area (Å²) in [6, 6.07) is 5.98. The van der Waals surface area contributed by atoms with Gasteiger partial charge >= 0.3 is 0 Å². The van der Waals surface area contributed by atoms with Crippen molar-refractivity contribution in [2.45, 2.75) is 45.1 Å². The fourth-order valence-corrected chi connectivity index (χ4v) is 2.97. The zero-order valence-corrected chi connectivity index (χ0v) is 13.7. The lowest BCUT2D eigenvalue weighted by atomic mass is 10.0. The molecule has 1 saturated heterocycles. The Balaban J connectivity index is 1.71. The molecule has 0 aromatic heterocycles. The number of likely N-dealkylation sites (tertiary alicyclic amines) is 1. The van der Waals surface area contributed by atoms with E-state index in [9.17, 15) is 4.79 Å². The average molecular weight is 305 g/mol. The van der Waals surface area contributed by atoms with Crippen LogP contribution in [0.2, 0.25) is 0 Å². The lowest BCUT2D eigenvalue weighted by molar-refractivity contribution is 0.112. The number of unbranched alkanes of at least 4 members (excludes halogenated alkanes) is 1. The normalized spacial score (nSPS) is 18.9. The molecule has 0 N–H and O–H groups in total. The number of piperidine rings is 1. The van der Waals surface area contributed by atoms with Gasteiger partial charge in [0.15, 0.2) is 11.5 Å². The first-order chi connectivity index (χ1) is 10.7. The Bertz CT molecular complexity index is 475. The highest BCUT2D eigenvalue weighted by Gasteiger charge is 2.17. The molecule has 0 radical (unpaired) electrons. The van der Waals surface area contributed by atoms with Gasteiger partial charge in [-0.25, -0.2) is 0 Å². The van der Waals surface area contributed by atoms with E-state index in [1.165, 1.54) is 25.8 Å². The van der Waals surface area contributed by atoms with Crippen LogP contribution in [0.4, 0.5) is 0 Å². The smallest absolute Gasteiger partial charge is 0.161 e. The second-order valence-electron chi connectivity index (χ2n) is 5.96. The third-order valence-electron chi connectivity index (χ3n) is 4.36. The average Bonchev–Trinajstić information content (AvgIpc) is 2.56. The van der Waals surface area contributed by atoms with Gasteiger partial charge in [0.25, 0.3) is 0 Å². The molecule has 1 aromatic rings. The molecule has 0 aliphatic carbocycles. The standard InChI is InChI=1S/C18H27NO3/c1-15-7-3-4-10-19(15)11-5-6-12-22-17-9-8-16(14-20)13-18(17)21-2/h8-9,13-15H,3-7,10-12H2,1-2H3. The Morgan fingerprint density at radius 2 is 2.14 bits per heavy atom. The second-order valence-corrected chi connectivity index (χ2v) is 5.96. The van der Waals surface area contributed by atoms with Crippen LogP contribution < -0.4 is 9.47 Å². The SMILES string of the molecule is COc1cc(C=O)ccc1OCCCCN1CCCCC1C. The van der Waals surface area contributed by atoms with Gasteiger partial charge in [-0.2, -0.15) is 0 Å². The molecule has 1 fully saturated rings. The van der Waals surface area contributed by atoms with E-state index in [0.29, 0.717) is 23.7 Å². The number of carbonyl (C=O) groups is 1. The zero-order chi connectivity index (χ0) is 15.8.